The minimum Gasteiger partial charge on any atom is -0.508 e. The van der Waals surface area contributed by atoms with Gasteiger partial charge in [-0.25, -0.2) is 0 Å². The second-order valence-corrected chi connectivity index (χ2v) is 4.55. The molecule has 0 unspecified atom stereocenters. The van der Waals surface area contributed by atoms with E-state index in [1.54, 1.807) is 0 Å². The van der Waals surface area contributed by atoms with E-state index in [-0.39, 0.29) is 11.5 Å². The zero-order valence-corrected chi connectivity index (χ0v) is 12.0. The number of hydrogen-bond donors (Lipinski definition) is 2. The van der Waals surface area contributed by atoms with Crippen molar-refractivity contribution < 1.29 is 24.5 Å². The molecule has 10 nitrogen and oxygen atoms in total. The van der Waals surface area contributed by atoms with E-state index < -0.39 is 33.7 Å². The third kappa shape index (κ3) is 4.16. The van der Waals surface area contributed by atoms with E-state index in [4.69, 9.17) is 4.74 Å². The lowest BCUT2D eigenvalue weighted by Gasteiger charge is -2.08. The molecule has 0 aromatic heterocycles. The van der Waals surface area contributed by atoms with Crippen molar-refractivity contribution in [3.63, 3.8) is 0 Å². The molecule has 0 aliphatic rings. The van der Waals surface area contributed by atoms with Crippen molar-refractivity contribution in [2.24, 2.45) is 0 Å². The van der Waals surface area contributed by atoms with Gasteiger partial charge >= 0.3 is 5.69 Å². The number of nitro groups is 2. The third-order valence-corrected chi connectivity index (χ3v) is 2.84. The molecule has 124 valence electrons. The molecule has 0 saturated carbocycles. The summed E-state index contributed by atoms with van der Waals surface area (Å²) < 4.78 is 5.06. The molecule has 10 heteroatoms. The summed E-state index contributed by atoms with van der Waals surface area (Å²) in [5.74, 6) is -0.926. The van der Waals surface area contributed by atoms with E-state index >= 15 is 0 Å². The number of amides is 1. The highest BCUT2D eigenvalue weighted by Gasteiger charge is 2.21. The number of benzene rings is 2. The van der Waals surface area contributed by atoms with Gasteiger partial charge in [-0.2, -0.15) is 0 Å². The second kappa shape index (κ2) is 7.05. The fraction of sp³-hybridized carbons (Fsp3) is 0.0714. The van der Waals surface area contributed by atoms with Gasteiger partial charge in [-0.05, 0) is 18.2 Å². The molecule has 2 aromatic carbocycles. The molecule has 0 spiro atoms. The van der Waals surface area contributed by atoms with E-state index in [2.05, 4.69) is 5.32 Å². The van der Waals surface area contributed by atoms with Crippen molar-refractivity contribution in [1.82, 2.24) is 0 Å². The number of carbonyl (C=O) groups excluding carboxylic acids is 1. The lowest BCUT2D eigenvalue weighted by molar-refractivity contribution is -0.394. The van der Waals surface area contributed by atoms with Crippen LogP contribution in [0.25, 0.3) is 0 Å². The third-order valence-electron chi connectivity index (χ3n) is 2.84. The van der Waals surface area contributed by atoms with Gasteiger partial charge in [0.25, 0.3) is 11.6 Å². The van der Waals surface area contributed by atoms with Crippen molar-refractivity contribution in [2.75, 3.05) is 11.9 Å². The average molecular weight is 333 g/mol. The topological polar surface area (TPSA) is 145 Å². The van der Waals surface area contributed by atoms with Crippen LogP contribution in [-0.2, 0) is 4.79 Å². The first-order valence-electron chi connectivity index (χ1n) is 6.51. The highest BCUT2D eigenvalue weighted by atomic mass is 16.6. The Morgan fingerprint density at radius 1 is 1.12 bits per heavy atom. The lowest BCUT2D eigenvalue weighted by atomic mass is 10.2. The molecule has 24 heavy (non-hydrogen) atoms. The van der Waals surface area contributed by atoms with Crippen molar-refractivity contribution in [2.45, 2.75) is 0 Å². The number of nitro benzene ring substituents is 2. The number of aromatic hydroxyl groups is 1. The molecule has 0 fully saturated rings. The summed E-state index contributed by atoms with van der Waals surface area (Å²) in [6.07, 6.45) is 0. The lowest BCUT2D eigenvalue weighted by Crippen LogP contribution is -2.20. The van der Waals surface area contributed by atoms with E-state index in [0.717, 1.165) is 18.2 Å². The summed E-state index contributed by atoms with van der Waals surface area (Å²) in [5, 5.41) is 33.3. The van der Waals surface area contributed by atoms with Crippen LogP contribution in [0.2, 0.25) is 0 Å². The molecule has 2 aromatic rings. The van der Waals surface area contributed by atoms with Crippen molar-refractivity contribution >= 4 is 23.0 Å². The molecule has 0 aliphatic carbocycles. The molecule has 0 aliphatic heterocycles. The second-order valence-electron chi connectivity index (χ2n) is 4.55. The minimum atomic E-state index is -0.838. The van der Waals surface area contributed by atoms with E-state index in [1.807, 2.05) is 0 Å². The number of phenolic OH excluding ortho intramolecular Hbond substituents is 1. The maximum atomic E-state index is 11.8. The Hall–Kier alpha value is -3.69. The number of carbonyl (C=O) groups is 1. The normalized spacial score (nSPS) is 10.0. The molecular formula is C14H11N3O7. The van der Waals surface area contributed by atoms with Crippen LogP contribution >= 0.6 is 0 Å². The van der Waals surface area contributed by atoms with Gasteiger partial charge in [0.1, 0.15) is 5.75 Å². The maximum absolute atomic E-state index is 11.8. The number of nitrogens with one attached hydrogen (secondary N) is 1. The standard InChI is InChI=1S/C14H11N3O7/c18-11-3-1-2-9(6-11)15-14(19)8-24-13-5-4-10(16(20)21)7-12(13)17(22)23/h1-7,18H,8H2,(H,15,19). The predicted molar refractivity (Wildman–Crippen MR) is 82.0 cm³/mol. The largest absolute Gasteiger partial charge is 0.508 e. The molecule has 0 saturated heterocycles. The molecule has 2 N–H and O–H groups in total. The zero-order chi connectivity index (χ0) is 17.7. The SMILES string of the molecule is O=C(COc1ccc([N+](=O)[O-])cc1[N+](=O)[O-])Nc1cccc(O)c1. The van der Waals surface area contributed by atoms with Crippen LogP contribution < -0.4 is 10.1 Å². The molecule has 2 rings (SSSR count). The van der Waals surface area contributed by atoms with Crippen LogP contribution in [0.1, 0.15) is 0 Å². The van der Waals surface area contributed by atoms with Gasteiger partial charge in [-0.15, -0.1) is 0 Å². The molecule has 1 amide bonds. The zero-order valence-electron chi connectivity index (χ0n) is 12.0. The van der Waals surface area contributed by atoms with Crippen LogP contribution in [0.3, 0.4) is 0 Å². The summed E-state index contributed by atoms with van der Waals surface area (Å²) in [6, 6.07) is 8.63. The van der Waals surface area contributed by atoms with Crippen LogP contribution in [0.15, 0.2) is 42.5 Å². The highest BCUT2D eigenvalue weighted by Crippen LogP contribution is 2.30. The number of phenols is 1. The summed E-state index contributed by atoms with van der Waals surface area (Å²) in [7, 11) is 0. The smallest absolute Gasteiger partial charge is 0.317 e. The minimum absolute atomic E-state index is 0.0419. The maximum Gasteiger partial charge on any atom is 0.317 e. The van der Waals surface area contributed by atoms with Crippen LogP contribution in [0.4, 0.5) is 17.1 Å². The molecule has 0 atom stereocenters. The van der Waals surface area contributed by atoms with E-state index in [0.29, 0.717) is 5.69 Å². The van der Waals surface area contributed by atoms with Gasteiger partial charge in [-0.3, -0.25) is 25.0 Å². The number of non-ortho nitro benzene ring substituents is 1. The van der Waals surface area contributed by atoms with Gasteiger partial charge in [-0.1, -0.05) is 6.07 Å². The highest BCUT2D eigenvalue weighted by molar-refractivity contribution is 5.92. The van der Waals surface area contributed by atoms with Gasteiger partial charge in [0, 0.05) is 17.8 Å². The number of rotatable bonds is 6. The first kappa shape index (κ1) is 16.7. The first-order chi connectivity index (χ1) is 11.4. The van der Waals surface area contributed by atoms with Crippen LogP contribution in [-0.4, -0.2) is 27.5 Å². The molecule has 0 radical (unpaired) electrons. The number of hydrogen-bond acceptors (Lipinski definition) is 7. The van der Waals surface area contributed by atoms with Crippen molar-refractivity contribution in [3.05, 3.63) is 62.7 Å². The Balaban J connectivity index is 2.07. The first-order valence-corrected chi connectivity index (χ1v) is 6.51. The molecule has 0 bridgehead atoms. The van der Waals surface area contributed by atoms with Gasteiger partial charge in [0.2, 0.25) is 0 Å². The Morgan fingerprint density at radius 3 is 2.50 bits per heavy atom. The van der Waals surface area contributed by atoms with E-state index in [9.17, 15) is 30.1 Å². The average Bonchev–Trinajstić information content (AvgIpc) is 2.52. The van der Waals surface area contributed by atoms with Gasteiger partial charge < -0.3 is 15.2 Å². The predicted octanol–water partition coefficient (Wildman–Crippen LogP) is 2.23. The number of nitrogens with zero attached hydrogens (tertiary/aromatic N) is 2. The van der Waals surface area contributed by atoms with Gasteiger partial charge in [0.05, 0.1) is 15.9 Å². The monoisotopic (exact) mass is 333 g/mol. The van der Waals surface area contributed by atoms with Crippen molar-refractivity contribution in [3.8, 4) is 11.5 Å². The van der Waals surface area contributed by atoms with Crippen LogP contribution in [0, 0.1) is 20.2 Å². The summed E-state index contributed by atoms with van der Waals surface area (Å²) in [5.41, 5.74) is -0.755. The summed E-state index contributed by atoms with van der Waals surface area (Å²) >= 11 is 0. The summed E-state index contributed by atoms with van der Waals surface area (Å²) in [6.45, 7) is -0.547. The van der Waals surface area contributed by atoms with Gasteiger partial charge in [0.15, 0.2) is 12.4 Å². The van der Waals surface area contributed by atoms with E-state index in [1.165, 1.54) is 24.3 Å². The Kier molecular flexibility index (Phi) is 4.90. The van der Waals surface area contributed by atoms with Crippen LogP contribution in [0.5, 0.6) is 11.5 Å². The number of ether oxygens (including phenoxy) is 1. The fourth-order valence-electron chi connectivity index (χ4n) is 1.81. The fourth-order valence-corrected chi connectivity index (χ4v) is 1.81. The number of anilines is 1. The molecular weight excluding hydrogens is 322 g/mol. The Bertz CT molecular complexity index is 807. The molecule has 0 heterocycles. The Labute approximate surface area is 134 Å². The quantitative estimate of drug-likeness (QED) is 0.609. The summed E-state index contributed by atoms with van der Waals surface area (Å²) in [4.78, 5) is 31.7. The Morgan fingerprint density at radius 2 is 1.88 bits per heavy atom. The van der Waals surface area contributed by atoms with Crippen molar-refractivity contribution in [1.29, 1.82) is 0 Å².